The summed E-state index contributed by atoms with van der Waals surface area (Å²) in [5.74, 6) is -0.768. The molecule has 18 heavy (non-hydrogen) atoms. The summed E-state index contributed by atoms with van der Waals surface area (Å²) in [6.45, 7) is 7.06. The van der Waals surface area contributed by atoms with E-state index in [4.69, 9.17) is 9.47 Å². The molecule has 0 aromatic carbocycles. The van der Waals surface area contributed by atoms with E-state index in [0.29, 0.717) is 19.5 Å². The van der Waals surface area contributed by atoms with Crippen molar-refractivity contribution in [1.29, 1.82) is 0 Å². The molecule has 0 aliphatic carbocycles. The second-order valence-electron chi connectivity index (χ2n) is 5.85. The number of alkyl carbamates (subject to hydrolysis) is 1. The summed E-state index contributed by atoms with van der Waals surface area (Å²) in [5, 5.41) is 5.78. The van der Waals surface area contributed by atoms with Crippen LogP contribution in [0.5, 0.6) is 0 Å². The molecule has 0 aromatic heterocycles. The monoisotopic (exact) mass is 256 g/mol. The highest BCUT2D eigenvalue weighted by Gasteiger charge is 2.52. The van der Waals surface area contributed by atoms with Crippen molar-refractivity contribution < 1.29 is 19.1 Å². The zero-order valence-corrected chi connectivity index (χ0v) is 11.0. The Morgan fingerprint density at radius 2 is 2.22 bits per heavy atom. The standard InChI is InChI=1S/C12H20N2O4/c1-11(2,3)17-9(15)8-6-13-5-4-12(8)7-14-10(16)18-12/h8,13H,4-7H2,1-3H3,(H,14,16). The zero-order valence-electron chi connectivity index (χ0n) is 11.0. The van der Waals surface area contributed by atoms with Gasteiger partial charge in [0.2, 0.25) is 0 Å². The maximum Gasteiger partial charge on any atom is 0.407 e. The van der Waals surface area contributed by atoms with Crippen LogP contribution in [0.4, 0.5) is 4.79 Å². The summed E-state index contributed by atoms with van der Waals surface area (Å²) in [5.41, 5.74) is -1.28. The minimum absolute atomic E-state index is 0.314. The Hall–Kier alpha value is -1.30. The number of piperidine rings is 1. The molecule has 102 valence electrons. The van der Waals surface area contributed by atoms with Crippen molar-refractivity contribution >= 4 is 12.1 Å². The van der Waals surface area contributed by atoms with Gasteiger partial charge >= 0.3 is 12.1 Å². The highest BCUT2D eigenvalue weighted by atomic mass is 16.6. The van der Waals surface area contributed by atoms with Gasteiger partial charge in [0.1, 0.15) is 17.1 Å². The highest BCUT2D eigenvalue weighted by Crippen LogP contribution is 2.33. The minimum Gasteiger partial charge on any atom is -0.460 e. The number of amides is 1. The van der Waals surface area contributed by atoms with E-state index in [2.05, 4.69) is 10.6 Å². The molecule has 2 atom stereocenters. The van der Waals surface area contributed by atoms with Crippen LogP contribution in [0.3, 0.4) is 0 Å². The Bertz CT molecular complexity index is 364. The number of ether oxygens (including phenoxy) is 2. The van der Waals surface area contributed by atoms with Crippen molar-refractivity contribution in [2.24, 2.45) is 5.92 Å². The fourth-order valence-electron chi connectivity index (χ4n) is 2.39. The van der Waals surface area contributed by atoms with E-state index in [-0.39, 0.29) is 5.97 Å². The average Bonchev–Trinajstić information content (AvgIpc) is 2.58. The topological polar surface area (TPSA) is 76.7 Å². The van der Waals surface area contributed by atoms with Crippen LogP contribution in [0.15, 0.2) is 0 Å². The number of carbonyl (C=O) groups excluding carboxylic acids is 2. The first kappa shape index (κ1) is 13.1. The molecule has 1 spiro atoms. The van der Waals surface area contributed by atoms with E-state index in [9.17, 15) is 9.59 Å². The van der Waals surface area contributed by atoms with Crippen LogP contribution in [0.2, 0.25) is 0 Å². The van der Waals surface area contributed by atoms with E-state index >= 15 is 0 Å². The van der Waals surface area contributed by atoms with Crippen LogP contribution < -0.4 is 10.6 Å². The second kappa shape index (κ2) is 4.42. The lowest BCUT2D eigenvalue weighted by molar-refractivity contribution is -0.169. The summed E-state index contributed by atoms with van der Waals surface area (Å²) in [4.78, 5) is 23.5. The fraction of sp³-hybridized carbons (Fsp3) is 0.833. The Morgan fingerprint density at radius 1 is 1.50 bits per heavy atom. The Balaban J connectivity index is 2.13. The quantitative estimate of drug-likeness (QED) is 0.665. The predicted molar refractivity (Wildman–Crippen MR) is 64.0 cm³/mol. The molecular formula is C12H20N2O4. The summed E-state index contributed by atoms with van der Waals surface area (Å²) in [6, 6.07) is 0. The molecule has 6 nitrogen and oxygen atoms in total. The molecule has 0 saturated carbocycles. The fourth-order valence-corrected chi connectivity index (χ4v) is 2.39. The van der Waals surface area contributed by atoms with E-state index in [1.54, 1.807) is 0 Å². The molecule has 2 aliphatic heterocycles. The lowest BCUT2D eigenvalue weighted by atomic mass is 9.81. The molecule has 0 bridgehead atoms. The third kappa shape index (κ3) is 2.58. The van der Waals surface area contributed by atoms with Gasteiger partial charge in [-0.05, 0) is 27.3 Å². The van der Waals surface area contributed by atoms with Gasteiger partial charge in [0.05, 0.1) is 6.54 Å². The number of hydrogen-bond acceptors (Lipinski definition) is 5. The van der Waals surface area contributed by atoms with Crippen molar-refractivity contribution in [3.63, 3.8) is 0 Å². The maximum absolute atomic E-state index is 12.2. The summed E-state index contributed by atoms with van der Waals surface area (Å²) >= 11 is 0. The normalized spacial score (nSPS) is 31.9. The van der Waals surface area contributed by atoms with Gasteiger partial charge in [-0.25, -0.2) is 4.79 Å². The Morgan fingerprint density at radius 3 is 2.78 bits per heavy atom. The van der Waals surface area contributed by atoms with Crippen molar-refractivity contribution in [1.82, 2.24) is 10.6 Å². The lowest BCUT2D eigenvalue weighted by Crippen LogP contribution is -2.56. The maximum atomic E-state index is 12.2. The van der Waals surface area contributed by atoms with Gasteiger partial charge in [-0.3, -0.25) is 4.79 Å². The Labute approximate surface area is 106 Å². The van der Waals surface area contributed by atoms with Gasteiger partial charge in [0, 0.05) is 13.0 Å². The third-order valence-corrected chi connectivity index (χ3v) is 3.23. The first-order valence-electron chi connectivity index (χ1n) is 6.23. The molecule has 2 heterocycles. The van der Waals surface area contributed by atoms with Crippen LogP contribution in [0, 0.1) is 5.92 Å². The molecule has 2 aliphatic rings. The molecule has 2 saturated heterocycles. The summed E-state index contributed by atoms with van der Waals surface area (Å²) in [6.07, 6.45) is 0.167. The van der Waals surface area contributed by atoms with Crippen LogP contribution in [0.1, 0.15) is 27.2 Å². The molecule has 0 aromatic rings. The van der Waals surface area contributed by atoms with Crippen molar-refractivity contribution in [3.05, 3.63) is 0 Å². The minimum atomic E-state index is -0.745. The molecule has 2 fully saturated rings. The Kier molecular flexibility index (Phi) is 3.23. The molecular weight excluding hydrogens is 236 g/mol. The smallest absolute Gasteiger partial charge is 0.407 e. The highest BCUT2D eigenvalue weighted by molar-refractivity contribution is 5.78. The molecule has 1 amide bonds. The molecule has 2 N–H and O–H groups in total. The number of carbonyl (C=O) groups is 2. The summed E-state index contributed by atoms with van der Waals surface area (Å²) < 4.78 is 10.7. The predicted octanol–water partition coefficient (Wildman–Crippen LogP) is 0.416. The largest absolute Gasteiger partial charge is 0.460 e. The van der Waals surface area contributed by atoms with Crippen molar-refractivity contribution in [2.45, 2.75) is 38.4 Å². The molecule has 6 heteroatoms. The van der Waals surface area contributed by atoms with Crippen LogP contribution >= 0.6 is 0 Å². The second-order valence-corrected chi connectivity index (χ2v) is 5.85. The van der Waals surface area contributed by atoms with Crippen LogP contribution in [-0.4, -0.2) is 42.9 Å². The van der Waals surface area contributed by atoms with Crippen LogP contribution in [-0.2, 0) is 14.3 Å². The molecule has 0 radical (unpaired) electrons. The third-order valence-electron chi connectivity index (χ3n) is 3.23. The van der Waals surface area contributed by atoms with E-state index < -0.39 is 23.2 Å². The van der Waals surface area contributed by atoms with Crippen LogP contribution in [0.25, 0.3) is 0 Å². The van der Waals surface area contributed by atoms with Gasteiger partial charge in [-0.1, -0.05) is 0 Å². The summed E-state index contributed by atoms with van der Waals surface area (Å²) in [7, 11) is 0. The SMILES string of the molecule is CC(C)(C)OC(=O)C1CNCCC12CNC(=O)O2. The zero-order chi connectivity index (χ0) is 13.4. The van der Waals surface area contributed by atoms with E-state index in [1.165, 1.54) is 0 Å². The first-order chi connectivity index (χ1) is 8.32. The van der Waals surface area contributed by atoms with Gasteiger partial charge in [0.25, 0.3) is 0 Å². The lowest BCUT2D eigenvalue weighted by Gasteiger charge is -2.38. The van der Waals surface area contributed by atoms with Crippen molar-refractivity contribution in [2.75, 3.05) is 19.6 Å². The number of rotatable bonds is 1. The van der Waals surface area contributed by atoms with E-state index in [1.807, 2.05) is 20.8 Å². The van der Waals surface area contributed by atoms with Gasteiger partial charge in [0.15, 0.2) is 0 Å². The van der Waals surface area contributed by atoms with Gasteiger partial charge in [-0.15, -0.1) is 0 Å². The first-order valence-corrected chi connectivity index (χ1v) is 6.23. The van der Waals surface area contributed by atoms with Crippen molar-refractivity contribution in [3.8, 4) is 0 Å². The average molecular weight is 256 g/mol. The van der Waals surface area contributed by atoms with E-state index in [0.717, 1.165) is 6.54 Å². The van der Waals surface area contributed by atoms with Gasteiger partial charge in [-0.2, -0.15) is 0 Å². The molecule has 2 rings (SSSR count). The number of nitrogens with one attached hydrogen (secondary N) is 2. The molecule has 2 unspecified atom stereocenters. The number of hydrogen-bond donors (Lipinski definition) is 2. The van der Waals surface area contributed by atoms with Gasteiger partial charge < -0.3 is 20.1 Å². The number of esters is 1.